The highest BCUT2D eigenvalue weighted by Crippen LogP contribution is 2.65. The van der Waals surface area contributed by atoms with Gasteiger partial charge in [0.25, 0.3) is 5.92 Å². The lowest BCUT2D eigenvalue weighted by Gasteiger charge is -2.41. The van der Waals surface area contributed by atoms with E-state index in [0.717, 1.165) is 9.80 Å². The van der Waals surface area contributed by atoms with E-state index >= 15 is 0 Å². The molecule has 0 unspecified atom stereocenters. The number of ether oxygens (including phenoxy) is 1. The Morgan fingerprint density at radius 2 is 1.68 bits per heavy atom. The standard InChI is InChI=1S/C25H31F8N5O6/c1-22(2)12-6-38(20(42)14(36-21(43)24(28,29)30)7-37-9-23(26,27)10-37)17(16(12)22)19(41)35-13(5-11-3-4-34-18(11)40)15(39)8-44-25(31,32)33/h11-14,16-17H,3-10H2,1-2H3,(H,34,40)(H,35,41)(H,36,43)/t11-,12-,13-,14-,16-,17-/m0/s1. The summed E-state index contributed by atoms with van der Waals surface area (Å²) in [6.45, 7) is -0.389. The van der Waals surface area contributed by atoms with Gasteiger partial charge in [-0.05, 0) is 30.1 Å². The van der Waals surface area contributed by atoms with Crippen molar-refractivity contribution in [1.29, 1.82) is 0 Å². The lowest BCUT2D eigenvalue weighted by molar-refractivity contribution is -0.321. The summed E-state index contributed by atoms with van der Waals surface area (Å²) in [6.07, 6.45) is -10.8. The molecule has 0 spiro atoms. The fourth-order valence-electron chi connectivity index (χ4n) is 6.37. The summed E-state index contributed by atoms with van der Waals surface area (Å²) in [6, 6.07) is -5.06. The number of amides is 4. The van der Waals surface area contributed by atoms with Crippen molar-refractivity contribution in [2.45, 2.75) is 63.3 Å². The third kappa shape index (κ3) is 7.40. The molecule has 0 bridgehead atoms. The zero-order valence-corrected chi connectivity index (χ0v) is 23.5. The van der Waals surface area contributed by atoms with Gasteiger partial charge in [0.15, 0.2) is 5.78 Å². The summed E-state index contributed by atoms with van der Waals surface area (Å²) >= 11 is 0. The fourth-order valence-corrected chi connectivity index (χ4v) is 6.37. The van der Waals surface area contributed by atoms with Gasteiger partial charge in [-0.2, -0.15) is 13.2 Å². The highest BCUT2D eigenvalue weighted by molar-refractivity contribution is 5.97. The Morgan fingerprint density at radius 3 is 2.20 bits per heavy atom. The second kappa shape index (κ2) is 11.7. The lowest BCUT2D eigenvalue weighted by atomic mass is 9.94. The van der Waals surface area contributed by atoms with Crippen LogP contribution in [0.15, 0.2) is 0 Å². The number of carbonyl (C=O) groups is 5. The molecule has 6 atom stereocenters. The van der Waals surface area contributed by atoms with Gasteiger partial charge in [0.2, 0.25) is 17.7 Å². The van der Waals surface area contributed by atoms with Crippen LogP contribution in [0, 0.1) is 23.2 Å². The van der Waals surface area contributed by atoms with Crippen molar-refractivity contribution in [3.63, 3.8) is 0 Å². The van der Waals surface area contributed by atoms with Crippen LogP contribution in [0.2, 0.25) is 0 Å². The Balaban J connectivity index is 1.55. The van der Waals surface area contributed by atoms with Crippen LogP contribution in [-0.4, -0.2) is 115 Å². The van der Waals surface area contributed by atoms with Gasteiger partial charge >= 0.3 is 18.4 Å². The molecule has 4 amide bonds. The Hall–Kier alpha value is -3.09. The predicted molar refractivity (Wildman–Crippen MR) is 130 cm³/mol. The van der Waals surface area contributed by atoms with Gasteiger partial charge in [-0.3, -0.25) is 33.6 Å². The molecule has 3 heterocycles. The van der Waals surface area contributed by atoms with E-state index in [-0.39, 0.29) is 31.8 Å². The molecule has 3 saturated heterocycles. The smallest absolute Gasteiger partial charge is 0.356 e. The SMILES string of the molecule is CC1(C)[C@@H]2[C@@H](C(=O)N[C@@H](C[C@@H]3CCNC3=O)C(=O)COC(F)(F)F)N(C(=O)[C@H](CN3CC(F)(F)C3)NC(=O)C(F)(F)F)C[C@@H]21. The van der Waals surface area contributed by atoms with Crippen molar-refractivity contribution < 1.29 is 63.8 Å². The second-order valence-electron chi connectivity index (χ2n) is 12.2. The number of Topliss-reactive ketones (excluding diaryl/α,β-unsaturated/α-hetero) is 1. The van der Waals surface area contributed by atoms with Gasteiger partial charge < -0.3 is 20.9 Å². The van der Waals surface area contributed by atoms with Crippen LogP contribution in [0.4, 0.5) is 35.1 Å². The van der Waals surface area contributed by atoms with Gasteiger partial charge in [0, 0.05) is 25.6 Å². The molecule has 11 nitrogen and oxygen atoms in total. The largest absolute Gasteiger partial charge is 0.522 e. The Morgan fingerprint density at radius 1 is 1.05 bits per heavy atom. The first kappa shape index (κ1) is 33.8. The van der Waals surface area contributed by atoms with Crippen molar-refractivity contribution in [2.75, 3.05) is 39.3 Å². The average Bonchev–Trinajstić information content (AvgIpc) is 3.22. The number of alkyl halides is 8. The zero-order chi connectivity index (χ0) is 33.0. The summed E-state index contributed by atoms with van der Waals surface area (Å²) < 4.78 is 107. The number of rotatable bonds is 11. The molecule has 1 saturated carbocycles. The van der Waals surface area contributed by atoms with Gasteiger partial charge in [0.05, 0.1) is 19.1 Å². The summed E-state index contributed by atoms with van der Waals surface area (Å²) in [5, 5.41) is 6.33. The number of hydrogen-bond acceptors (Lipinski definition) is 7. The van der Waals surface area contributed by atoms with Crippen LogP contribution < -0.4 is 16.0 Å². The third-order valence-electron chi connectivity index (χ3n) is 8.74. The first-order chi connectivity index (χ1) is 20.1. The molecule has 4 fully saturated rings. The lowest BCUT2D eigenvalue weighted by Crippen LogP contribution is -2.64. The van der Waals surface area contributed by atoms with E-state index in [0.29, 0.717) is 0 Å². The number of piperidine rings is 1. The minimum Gasteiger partial charge on any atom is -0.356 e. The number of halogens is 8. The van der Waals surface area contributed by atoms with Crippen molar-refractivity contribution in [3.05, 3.63) is 0 Å². The molecule has 0 aromatic heterocycles. The van der Waals surface area contributed by atoms with Gasteiger partial charge in [-0.25, -0.2) is 8.78 Å². The first-order valence-corrected chi connectivity index (χ1v) is 13.7. The van der Waals surface area contributed by atoms with E-state index in [1.165, 1.54) is 5.32 Å². The molecule has 3 N–H and O–H groups in total. The fraction of sp³-hybridized carbons (Fsp3) is 0.800. The molecule has 4 aliphatic rings. The van der Waals surface area contributed by atoms with Crippen LogP contribution >= 0.6 is 0 Å². The highest BCUT2D eigenvalue weighted by Gasteiger charge is 2.70. The van der Waals surface area contributed by atoms with Crippen molar-refractivity contribution in [2.24, 2.45) is 23.2 Å². The zero-order valence-electron chi connectivity index (χ0n) is 23.5. The van der Waals surface area contributed by atoms with E-state index in [4.69, 9.17) is 0 Å². The molecule has 0 aromatic carbocycles. The van der Waals surface area contributed by atoms with Gasteiger partial charge in [-0.15, -0.1) is 13.2 Å². The maximum Gasteiger partial charge on any atom is 0.522 e. The maximum absolute atomic E-state index is 13.6. The maximum atomic E-state index is 13.6. The molecular formula is C25H31F8N5O6. The minimum atomic E-state index is -5.41. The highest BCUT2D eigenvalue weighted by atomic mass is 19.4. The molecule has 1 aliphatic carbocycles. The summed E-state index contributed by atoms with van der Waals surface area (Å²) in [7, 11) is 0. The minimum absolute atomic E-state index is 0.163. The summed E-state index contributed by atoms with van der Waals surface area (Å²) in [5.41, 5.74) is -0.562. The average molecular weight is 650 g/mol. The first-order valence-electron chi connectivity index (χ1n) is 13.7. The Labute approximate surface area is 245 Å². The van der Waals surface area contributed by atoms with Crippen LogP contribution in [-0.2, 0) is 28.7 Å². The van der Waals surface area contributed by atoms with Crippen LogP contribution in [0.5, 0.6) is 0 Å². The summed E-state index contributed by atoms with van der Waals surface area (Å²) in [5.74, 6) is -11.3. The number of likely N-dealkylation sites (tertiary alicyclic amines) is 2. The number of nitrogens with zero attached hydrogens (tertiary/aromatic N) is 2. The molecule has 4 rings (SSSR count). The number of carbonyl (C=O) groups excluding carboxylic acids is 5. The van der Waals surface area contributed by atoms with Crippen LogP contribution in [0.3, 0.4) is 0 Å². The van der Waals surface area contributed by atoms with Crippen molar-refractivity contribution >= 4 is 29.4 Å². The van der Waals surface area contributed by atoms with Crippen LogP contribution in [0.1, 0.15) is 26.7 Å². The molecule has 44 heavy (non-hydrogen) atoms. The normalized spacial score (nSPS) is 28.8. The Kier molecular flexibility index (Phi) is 8.98. The quantitative estimate of drug-likeness (QED) is 0.279. The van der Waals surface area contributed by atoms with E-state index in [1.807, 2.05) is 0 Å². The molecule has 19 heteroatoms. The number of fused-ring (bicyclic) bond motifs is 1. The van der Waals surface area contributed by atoms with Crippen molar-refractivity contribution in [3.8, 4) is 0 Å². The second-order valence-corrected chi connectivity index (χ2v) is 12.2. The van der Waals surface area contributed by atoms with E-state index in [1.54, 1.807) is 13.8 Å². The summed E-state index contributed by atoms with van der Waals surface area (Å²) in [4.78, 5) is 65.6. The van der Waals surface area contributed by atoms with Gasteiger partial charge in [0.1, 0.15) is 18.7 Å². The molecule has 0 radical (unpaired) electrons. The van der Waals surface area contributed by atoms with E-state index in [9.17, 15) is 59.1 Å². The van der Waals surface area contributed by atoms with E-state index in [2.05, 4.69) is 15.4 Å². The van der Waals surface area contributed by atoms with Crippen LogP contribution in [0.25, 0.3) is 0 Å². The number of nitrogens with one attached hydrogen (secondary N) is 3. The molecule has 3 aliphatic heterocycles. The van der Waals surface area contributed by atoms with E-state index < -0.39 is 109 Å². The Bertz CT molecular complexity index is 1190. The predicted octanol–water partition coefficient (Wildman–Crippen LogP) is 0.584. The molecule has 0 aromatic rings. The van der Waals surface area contributed by atoms with Gasteiger partial charge in [-0.1, -0.05) is 13.8 Å². The number of ketones is 1. The van der Waals surface area contributed by atoms with Crippen molar-refractivity contribution in [1.82, 2.24) is 25.8 Å². The number of hydrogen-bond donors (Lipinski definition) is 3. The molecule has 248 valence electrons. The molecular weight excluding hydrogens is 618 g/mol. The topological polar surface area (TPSA) is 137 Å². The monoisotopic (exact) mass is 649 g/mol. The third-order valence-corrected chi connectivity index (χ3v) is 8.74.